The smallest absolute Gasteiger partial charge is 0.246 e. The van der Waals surface area contributed by atoms with Crippen molar-refractivity contribution in [2.24, 2.45) is 0 Å². The second-order valence-electron chi connectivity index (χ2n) is 5.52. The van der Waals surface area contributed by atoms with Gasteiger partial charge in [0, 0.05) is 13.1 Å². The lowest BCUT2D eigenvalue weighted by Crippen LogP contribution is -2.45. The predicted molar refractivity (Wildman–Crippen MR) is 80.7 cm³/mol. The molecule has 0 spiro atoms. The van der Waals surface area contributed by atoms with Crippen LogP contribution in [0.25, 0.3) is 0 Å². The third-order valence-electron chi connectivity index (χ3n) is 3.87. The van der Waals surface area contributed by atoms with Gasteiger partial charge in [0.05, 0.1) is 12.7 Å². The Morgan fingerprint density at radius 2 is 2.22 bits per heavy atom. The minimum Gasteiger partial charge on any atom is -0.489 e. The third kappa shape index (κ3) is 3.68. The predicted octanol–water partition coefficient (Wildman–Crippen LogP) is 2.36. The number of benzene rings is 1. The van der Waals surface area contributed by atoms with E-state index >= 15 is 0 Å². The summed E-state index contributed by atoms with van der Waals surface area (Å²) >= 11 is 0. The van der Waals surface area contributed by atoms with Crippen molar-refractivity contribution >= 4 is 0 Å². The summed E-state index contributed by atoms with van der Waals surface area (Å²) in [4.78, 5) is 6.48. The molecule has 1 aromatic carbocycles. The van der Waals surface area contributed by atoms with Gasteiger partial charge in [-0.1, -0.05) is 17.3 Å². The molecule has 1 fully saturated rings. The molecule has 3 rings (SSSR count). The second kappa shape index (κ2) is 7.06. The van der Waals surface area contributed by atoms with Crippen LogP contribution >= 0.6 is 0 Å². The third-order valence-corrected chi connectivity index (χ3v) is 3.87. The highest BCUT2D eigenvalue weighted by Crippen LogP contribution is 2.28. The monoisotopic (exact) mass is 321 g/mol. The Kier molecular flexibility index (Phi) is 4.88. The van der Waals surface area contributed by atoms with E-state index in [4.69, 9.17) is 14.0 Å². The number of hydrogen-bond donors (Lipinski definition) is 0. The lowest BCUT2D eigenvalue weighted by atomic mass is 10.1. The average Bonchev–Trinajstić information content (AvgIpc) is 2.95. The summed E-state index contributed by atoms with van der Waals surface area (Å²) in [6.45, 7) is 6.12. The maximum Gasteiger partial charge on any atom is 0.246 e. The fourth-order valence-corrected chi connectivity index (χ4v) is 2.76. The lowest BCUT2D eigenvalue weighted by Gasteiger charge is -2.37. The number of hydrogen-bond acceptors (Lipinski definition) is 6. The van der Waals surface area contributed by atoms with Crippen molar-refractivity contribution in [2.45, 2.75) is 26.0 Å². The zero-order valence-electron chi connectivity index (χ0n) is 13.2. The summed E-state index contributed by atoms with van der Waals surface area (Å²) in [5.74, 6) is 1.05. The number of aryl methyl sites for hydroxylation is 1. The van der Waals surface area contributed by atoms with Gasteiger partial charge in [-0.15, -0.1) is 0 Å². The molecule has 1 aliphatic rings. The minimum atomic E-state index is -0.355. The van der Waals surface area contributed by atoms with Gasteiger partial charge < -0.3 is 14.0 Å². The van der Waals surface area contributed by atoms with E-state index in [-0.39, 0.29) is 23.7 Å². The highest BCUT2D eigenvalue weighted by atomic mass is 19.1. The van der Waals surface area contributed by atoms with Crippen LogP contribution in [0.4, 0.5) is 4.39 Å². The number of nitrogens with zero attached hydrogens (tertiary/aromatic N) is 3. The fraction of sp³-hybridized carbons (Fsp3) is 0.500. The molecule has 0 amide bonds. The molecule has 0 radical (unpaired) electrons. The van der Waals surface area contributed by atoms with Crippen LogP contribution < -0.4 is 4.74 Å². The van der Waals surface area contributed by atoms with Gasteiger partial charge in [-0.05, 0) is 26.0 Å². The zero-order chi connectivity index (χ0) is 16.2. The fourth-order valence-electron chi connectivity index (χ4n) is 2.76. The minimum absolute atomic E-state index is 0.0583. The molecular weight excluding hydrogens is 301 g/mol. The summed E-state index contributed by atoms with van der Waals surface area (Å²) in [5, 5.41) is 3.85. The molecule has 2 atom stereocenters. The molecule has 0 aliphatic carbocycles. The number of rotatable bonds is 5. The lowest BCUT2D eigenvalue weighted by molar-refractivity contribution is -0.0755. The van der Waals surface area contributed by atoms with Crippen LogP contribution in [0, 0.1) is 12.7 Å². The normalized spacial score (nSPS) is 22.2. The molecule has 124 valence electrons. The van der Waals surface area contributed by atoms with Crippen LogP contribution in [-0.4, -0.2) is 47.4 Å². The van der Waals surface area contributed by atoms with Crippen molar-refractivity contribution in [1.82, 2.24) is 15.0 Å². The number of aromatic nitrogens is 2. The first-order valence-electron chi connectivity index (χ1n) is 7.68. The summed E-state index contributed by atoms with van der Waals surface area (Å²) in [7, 11) is 0. The van der Waals surface area contributed by atoms with E-state index in [1.165, 1.54) is 6.07 Å². The molecule has 6 nitrogen and oxygen atoms in total. The molecule has 1 aromatic heterocycles. The van der Waals surface area contributed by atoms with Crippen LogP contribution in [0.15, 0.2) is 28.8 Å². The van der Waals surface area contributed by atoms with Gasteiger partial charge in [-0.25, -0.2) is 4.39 Å². The Morgan fingerprint density at radius 1 is 1.39 bits per heavy atom. The summed E-state index contributed by atoms with van der Waals surface area (Å²) in [5.41, 5.74) is 0. The topological polar surface area (TPSA) is 60.6 Å². The number of ether oxygens (including phenoxy) is 2. The van der Waals surface area contributed by atoms with Crippen LogP contribution in [0.5, 0.6) is 5.75 Å². The van der Waals surface area contributed by atoms with E-state index in [0.29, 0.717) is 31.5 Å². The SMILES string of the molecule is Cc1noc([C@@H]2[C@@H](C)OCCN2CCOc2ccccc2F)n1. The maximum atomic E-state index is 13.6. The molecule has 2 heterocycles. The molecule has 0 N–H and O–H groups in total. The highest BCUT2D eigenvalue weighted by Gasteiger charge is 2.34. The van der Waals surface area contributed by atoms with Crippen molar-refractivity contribution in [3.8, 4) is 5.75 Å². The first-order chi connectivity index (χ1) is 11.1. The Balaban J connectivity index is 1.64. The molecule has 0 unspecified atom stereocenters. The van der Waals surface area contributed by atoms with E-state index in [1.54, 1.807) is 25.1 Å². The van der Waals surface area contributed by atoms with Crippen LogP contribution in [0.3, 0.4) is 0 Å². The Morgan fingerprint density at radius 3 is 2.96 bits per heavy atom. The van der Waals surface area contributed by atoms with Crippen molar-refractivity contribution in [3.05, 3.63) is 41.8 Å². The van der Waals surface area contributed by atoms with Crippen molar-refractivity contribution < 1.29 is 18.4 Å². The molecular formula is C16H20FN3O3. The van der Waals surface area contributed by atoms with E-state index in [9.17, 15) is 4.39 Å². The summed E-state index contributed by atoms with van der Waals surface area (Å²) in [6.07, 6.45) is -0.0583. The van der Waals surface area contributed by atoms with E-state index in [2.05, 4.69) is 15.0 Å². The molecule has 2 aromatic rings. The Bertz CT molecular complexity index is 649. The van der Waals surface area contributed by atoms with Crippen LogP contribution in [0.1, 0.15) is 24.7 Å². The standard InChI is InChI=1S/C16H20FN3O3/c1-11-15(16-18-12(2)19-23-16)20(7-9-21-11)8-10-22-14-6-4-3-5-13(14)17/h3-6,11,15H,7-10H2,1-2H3/t11-,15+/m1/s1. The van der Waals surface area contributed by atoms with Gasteiger partial charge >= 0.3 is 0 Å². The molecule has 23 heavy (non-hydrogen) atoms. The molecule has 0 bridgehead atoms. The van der Waals surface area contributed by atoms with Gasteiger partial charge in [-0.3, -0.25) is 4.90 Å². The van der Waals surface area contributed by atoms with Gasteiger partial charge in [0.25, 0.3) is 0 Å². The van der Waals surface area contributed by atoms with Crippen molar-refractivity contribution in [3.63, 3.8) is 0 Å². The molecule has 1 aliphatic heterocycles. The molecule has 7 heteroatoms. The average molecular weight is 321 g/mol. The van der Waals surface area contributed by atoms with Gasteiger partial charge in [-0.2, -0.15) is 4.98 Å². The van der Waals surface area contributed by atoms with Crippen LogP contribution in [0.2, 0.25) is 0 Å². The van der Waals surface area contributed by atoms with Crippen LogP contribution in [-0.2, 0) is 4.74 Å². The number of halogens is 1. The van der Waals surface area contributed by atoms with E-state index in [0.717, 1.165) is 6.54 Å². The Hall–Kier alpha value is -1.99. The molecule has 1 saturated heterocycles. The second-order valence-corrected chi connectivity index (χ2v) is 5.52. The van der Waals surface area contributed by atoms with E-state index < -0.39 is 0 Å². The molecule has 0 saturated carbocycles. The highest BCUT2D eigenvalue weighted by molar-refractivity contribution is 5.23. The van der Waals surface area contributed by atoms with Gasteiger partial charge in [0.15, 0.2) is 17.4 Å². The van der Waals surface area contributed by atoms with Gasteiger partial charge in [0.1, 0.15) is 12.6 Å². The summed E-state index contributed by atoms with van der Waals surface area (Å²) in [6, 6.07) is 6.28. The Labute approximate surface area is 134 Å². The van der Waals surface area contributed by atoms with E-state index in [1.807, 2.05) is 6.92 Å². The van der Waals surface area contributed by atoms with Gasteiger partial charge in [0.2, 0.25) is 5.89 Å². The summed E-state index contributed by atoms with van der Waals surface area (Å²) < 4.78 is 30.1. The maximum absolute atomic E-state index is 13.6. The largest absolute Gasteiger partial charge is 0.489 e. The number of para-hydroxylation sites is 1. The first kappa shape index (κ1) is 15.9. The van der Waals surface area contributed by atoms with Crippen molar-refractivity contribution in [2.75, 3.05) is 26.3 Å². The van der Waals surface area contributed by atoms with Crippen molar-refractivity contribution in [1.29, 1.82) is 0 Å². The zero-order valence-corrected chi connectivity index (χ0v) is 13.2. The number of morpholine rings is 1. The quantitative estimate of drug-likeness (QED) is 0.842. The first-order valence-corrected chi connectivity index (χ1v) is 7.68.